The van der Waals surface area contributed by atoms with E-state index in [1.54, 1.807) is 13.0 Å². The monoisotopic (exact) mass is 343 g/mol. The zero-order chi connectivity index (χ0) is 17.5. The molecule has 1 aromatic rings. The topological polar surface area (TPSA) is 78.5 Å². The molecule has 0 aliphatic rings. The fraction of sp³-hybridized carbons (Fsp3) is 0.400. The van der Waals surface area contributed by atoms with Crippen molar-refractivity contribution in [3.8, 4) is 0 Å². The number of sulfonamides is 1. The minimum Gasteiger partial charge on any atom is -0.351 e. The van der Waals surface area contributed by atoms with Crippen molar-refractivity contribution >= 4 is 15.9 Å². The van der Waals surface area contributed by atoms with Gasteiger partial charge in [-0.05, 0) is 38.7 Å². The summed E-state index contributed by atoms with van der Waals surface area (Å²) in [4.78, 5) is 13.0. The number of likely N-dealkylation sites (N-methyl/N-ethyl adjacent to an activating group) is 1. The van der Waals surface area contributed by atoms with Crippen LogP contribution in [0.15, 0.2) is 35.2 Å². The van der Waals surface area contributed by atoms with Crippen molar-refractivity contribution in [1.29, 1.82) is 0 Å². The molecular weight excluding hydrogens is 321 g/mol. The van der Waals surface area contributed by atoms with Crippen molar-refractivity contribution in [3.05, 3.63) is 41.7 Å². The van der Waals surface area contributed by atoms with Crippen LogP contribution in [-0.2, 0) is 14.8 Å². The third kappa shape index (κ3) is 6.89. The Hall–Kier alpha value is -1.77. The van der Waals surface area contributed by atoms with Gasteiger partial charge < -0.3 is 10.2 Å². The van der Waals surface area contributed by atoms with Crippen LogP contribution in [0.3, 0.4) is 0 Å². The minimum atomic E-state index is -3.94. The van der Waals surface area contributed by atoms with Gasteiger partial charge in [0.2, 0.25) is 15.9 Å². The van der Waals surface area contributed by atoms with E-state index in [0.717, 1.165) is 6.07 Å². The number of hydrogen-bond donors (Lipinski definition) is 2. The number of aryl methyl sites for hydroxylation is 1. The highest BCUT2D eigenvalue weighted by Crippen LogP contribution is 2.15. The SMILES string of the molecule is Cc1ccc(F)c(S(=O)(=O)NCCNC(=O)/C=C/CN(C)C)c1. The summed E-state index contributed by atoms with van der Waals surface area (Å²) in [5, 5.41) is 2.54. The highest BCUT2D eigenvalue weighted by Gasteiger charge is 2.18. The van der Waals surface area contributed by atoms with Gasteiger partial charge in [-0.1, -0.05) is 12.1 Å². The lowest BCUT2D eigenvalue weighted by Gasteiger charge is -2.09. The van der Waals surface area contributed by atoms with Gasteiger partial charge in [0, 0.05) is 25.7 Å². The van der Waals surface area contributed by atoms with Gasteiger partial charge in [0.05, 0.1) is 0 Å². The lowest BCUT2D eigenvalue weighted by atomic mass is 10.2. The van der Waals surface area contributed by atoms with E-state index >= 15 is 0 Å². The number of hydrogen-bond acceptors (Lipinski definition) is 4. The van der Waals surface area contributed by atoms with Gasteiger partial charge in [-0.2, -0.15) is 0 Å². The van der Waals surface area contributed by atoms with Crippen LogP contribution in [0.2, 0.25) is 0 Å². The van der Waals surface area contributed by atoms with Crippen molar-refractivity contribution < 1.29 is 17.6 Å². The van der Waals surface area contributed by atoms with Gasteiger partial charge in [0.1, 0.15) is 10.7 Å². The van der Waals surface area contributed by atoms with Crippen LogP contribution in [-0.4, -0.2) is 53.0 Å². The molecular formula is C15H22FN3O3S. The molecule has 0 atom stereocenters. The Bertz CT molecular complexity index is 673. The molecule has 0 fully saturated rings. The Balaban J connectivity index is 2.47. The second kappa shape index (κ2) is 8.76. The van der Waals surface area contributed by atoms with Gasteiger partial charge in [-0.25, -0.2) is 17.5 Å². The summed E-state index contributed by atoms with van der Waals surface area (Å²) in [6.45, 7) is 2.40. The summed E-state index contributed by atoms with van der Waals surface area (Å²) in [5.74, 6) is -1.12. The maximum atomic E-state index is 13.6. The molecule has 0 saturated heterocycles. The molecule has 6 nitrogen and oxygen atoms in total. The number of nitrogens with one attached hydrogen (secondary N) is 2. The number of nitrogens with zero attached hydrogens (tertiary/aromatic N) is 1. The molecule has 0 heterocycles. The van der Waals surface area contributed by atoms with E-state index in [-0.39, 0.29) is 19.0 Å². The van der Waals surface area contributed by atoms with Crippen molar-refractivity contribution in [2.45, 2.75) is 11.8 Å². The first-order valence-electron chi connectivity index (χ1n) is 7.07. The van der Waals surface area contributed by atoms with E-state index in [9.17, 15) is 17.6 Å². The highest BCUT2D eigenvalue weighted by molar-refractivity contribution is 7.89. The van der Waals surface area contributed by atoms with Crippen LogP contribution >= 0.6 is 0 Å². The highest BCUT2D eigenvalue weighted by atomic mass is 32.2. The number of amides is 1. The molecule has 1 amide bonds. The van der Waals surface area contributed by atoms with Crippen LogP contribution in [0.4, 0.5) is 4.39 Å². The number of benzene rings is 1. The van der Waals surface area contributed by atoms with E-state index < -0.39 is 20.7 Å². The maximum Gasteiger partial charge on any atom is 0.243 e. The Morgan fingerprint density at radius 1 is 1.30 bits per heavy atom. The number of rotatable bonds is 8. The molecule has 0 spiro atoms. The van der Waals surface area contributed by atoms with Crippen LogP contribution in [0.5, 0.6) is 0 Å². The second-order valence-electron chi connectivity index (χ2n) is 5.29. The summed E-state index contributed by atoms with van der Waals surface area (Å²) >= 11 is 0. The molecule has 1 rings (SSSR count). The quantitative estimate of drug-likeness (QED) is 0.537. The molecule has 8 heteroatoms. The summed E-state index contributed by atoms with van der Waals surface area (Å²) in [7, 11) is -0.188. The van der Waals surface area contributed by atoms with E-state index in [0.29, 0.717) is 12.1 Å². The molecule has 0 aliphatic carbocycles. The van der Waals surface area contributed by atoms with E-state index in [1.165, 1.54) is 18.2 Å². The number of carbonyl (C=O) groups is 1. The molecule has 0 aromatic heterocycles. The Morgan fingerprint density at radius 3 is 2.65 bits per heavy atom. The Morgan fingerprint density at radius 2 is 2.00 bits per heavy atom. The van der Waals surface area contributed by atoms with Gasteiger partial charge in [-0.15, -0.1) is 0 Å². The lowest BCUT2D eigenvalue weighted by molar-refractivity contribution is -0.116. The predicted molar refractivity (Wildman–Crippen MR) is 87.0 cm³/mol. The predicted octanol–water partition coefficient (Wildman–Crippen LogP) is 0.646. The van der Waals surface area contributed by atoms with Crippen LogP contribution in [0.1, 0.15) is 5.56 Å². The summed E-state index contributed by atoms with van der Waals surface area (Å²) < 4.78 is 39.9. The third-order valence-corrected chi connectivity index (χ3v) is 4.31. The first-order valence-corrected chi connectivity index (χ1v) is 8.55. The van der Waals surface area contributed by atoms with Crippen LogP contribution in [0.25, 0.3) is 0 Å². The zero-order valence-electron chi connectivity index (χ0n) is 13.5. The Kier molecular flexibility index (Phi) is 7.34. The largest absolute Gasteiger partial charge is 0.351 e. The molecule has 0 radical (unpaired) electrons. The molecule has 0 saturated carbocycles. The van der Waals surface area contributed by atoms with E-state index in [1.807, 2.05) is 19.0 Å². The maximum absolute atomic E-state index is 13.6. The molecule has 0 unspecified atom stereocenters. The van der Waals surface area contributed by atoms with Crippen molar-refractivity contribution in [1.82, 2.24) is 14.9 Å². The first kappa shape index (κ1) is 19.3. The lowest BCUT2D eigenvalue weighted by Crippen LogP contribution is -2.34. The number of carbonyl (C=O) groups excluding carboxylic acids is 1. The number of halogens is 1. The third-order valence-electron chi connectivity index (χ3n) is 2.83. The molecule has 1 aromatic carbocycles. The molecule has 128 valence electrons. The van der Waals surface area contributed by atoms with Crippen molar-refractivity contribution in [3.63, 3.8) is 0 Å². The van der Waals surface area contributed by atoms with E-state index in [2.05, 4.69) is 10.0 Å². The summed E-state index contributed by atoms with van der Waals surface area (Å²) in [5.41, 5.74) is 0.645. The standard InChI is InChI=1S/C15H22FN3O3S/c1-12-6-7-13(16)14(11-12)23(21,22)18-9-8-17-15(20)5-4-10-19(2)3/h4-7,11,18H,8-10H2,1-3H3,(H,17,20)/b5-4+. The van der Waals surface area contributed by atoms with Crippen LogP contribution in [0, 0.1) is 12.7 Å². The van der Waals surface area contributed by atoms with Crippen LogP contribution < -0.4 is 10.0 Å². The van der Waals surface area contributed by atoms with Gasteiger partial charge in [0.25, 0.3) is 0 Å². The van der Waals surface area contributed by atoms with Gasteiger partial charge in [-0.3, -0.25) is 4.79 Å². The fourth-order valence-electron chi connectivity index (χ4n) is 1.69. The first-order chi connectivity index (χ1) is 10.7. The minimum absolute atomic E-state index is 0.0248. The van der Waals surface area contributed by atoms with Gasteiger partial charge >= 0.3 is 0 Å². The smallest absolute Gasteiger partial charge is 0.243 e. The average molecular weight is 343 g/mol. The summed E-state index contributed by atoms with van der Waals surface area (Å²) in [6, 6.07) is 3.87. The van der Waals surface area contributed by atoms with E-state index in [4.69, 9.17) is 0 Å². The molecule has 23 heavy (non-hydrogen) atoms. The Labute approximate surface area is 136 Å². The average Bonchev–Trinajstić information content (AvgIpc) is 2.45. The molecule has 0 aliphatic heterocycles. The normalized spacial score (nSPS) is 12.0. The van der Waals surface area contributed by atoms with Crippen molar-refractivity contribution in [2.24, 2.45) is 0 Å². The second-order valence-corrected chi connectivity index (χ2v) is 7.02. The zero-order valence-corrected chi connectivity index (χ0v) is 14.3. The fourth-order valence-corrected chi connectivity index (χ4v) is 2.89. The molecule has 2 N–H and O–H groups in total. The summed E-state index contributed by atoms with van der Waals surface area (Å²) in [6.07, 6.45) is 3.08. The molecule has 0 bridgehead atoms. The van der Waals surface area contributed by atoms with Gasteiger partial charge in [0.15, 0.2) is 0 Å². The van der Waals surface area contributed by atoms with Crippen molar-refractivity contribution in [2.75, 3.05) is 33.7 Å².